The summed E-state index contributed by atoms with van der Waals surface area (Å²) in [6.07, 6.45) is 2.08. The van der Waals surface area contributed by atoms with Crippen LogP contribution in [-0.4, -0.2) is 34.6 Å². The van der Waals surface area contributed by atoms with Gasteiger partial charge in [0, 0.05) is 17.6 Å². The average molecular weight is 347 g/mol. The maximum atomic E-state index is 11.5. The number of pyridine rings is 1. The van der Waals surface area contributed by atoms with Crippen LogP contribution >= 0.6 is 23.6 Å². The first-order valence-electron chi connectivity index (χ1n) is 7.29. The first-order chi connectivity index (χ1) is 11.2. The summed E-state index contributed by atoms with van der Waals surface area (Å²) in [5.41, 5.74) is 0.939. The number of nitrogens with zero attached hydrogens (tertiary/aromatic N) is 2. The number of thiophene rings is 1. The van der Waals surface area contributed by atoms with Crippen LogP contribution < -0.4 is 5.32 Å². The zero-order chi connectivity index (χ0) is 16.2. The van der Waals surface area contributed by atoms with Gasteiger partial charge in [-0.1, -0.05) is 12.1 Å². The van der Waals surface area contributed by atoms with Gasteiger partial charge in [0.1, 0.15) is 0 Å². The third-order valence-electron chi connectivity index (χ3n) is 3.82. The Morgan fingerprint density at radius 1 is 1.43 bits per heavy atom. The molecule has 0 aliphatic carbocycles. The van der Waals surface area contributed by atoms with Crippen LogP contribution in [0, 0.1) is 0 Å². The number of hydrogen-bond acceptors (Lipinski definition) is 5. The Morgan fingerprint density at radius 3 is 2.96 bits per heavy atom. The molecule has 120 valence electrons. The minimum Gasteiger partial charge on any atom is -0.469 e. The molecule has 5 nitrogen and oxygen atoms in total. The number of hydrogen-bond donors (Lipinski definition) is 1. The molecular weight excluding hydrogens is 330 g/mol. The second-order valence-electron chi connectivity index (χ2n) is 5.16. The number of nitrogens with one attached hydrogen (secondary N) is 1. The molecule has 0 aromatic carbocycles. The van der Waals surface area contributed by atoms with E-state index in [2.05, 4.69) is 21.3 Å². The Labute approximate surface area is 144 Å². The van der Waals surface area contributed by atoms with Crippen molar-refractivity contribution in [2.75, 3.05) is 13.7 Å². The molecule has 0 saturated carbocycles. The number of esters is 1. The van der Waals surface area contributed by atoms with Crippen LogP contribution in [-0.2, 0) is 9.53 Å². The van der Waals surface area contributed by atoms with Crippen molar-refractivity contribution >= 4 is 34.6 Å². The monoisotopic (exact) mass is 347 g/mol. The van der Waals surface area contributed by atoms with Gasteiger partial charge in [0.2, 0.25) is 0 Å². The summed E-state index contributed by atoms with van der Waals surface area (Å²) in [7, 11) is 1.40. The number of thiocarbonyl (C=S) groups is 1. The van der Waals surface area contributed by atoms with E-state index in [0.717, 1.165) is 5.69 Å². The van der Waals surface area contributed by atoms with Gasteiger partial charge in [0.05, 0.1) is 31.3 Å². The second kappa shape index (κ2) is 7.06. The lowest BCUT2D eigenvalue weighted by atomic mass is 10.0. The first kappa shape index (κ1) is 15.9. The Kier molecular flexibility index (Phi) is 4.88. The van der Waals surface area contributed by atoms with Crippen molar-refractivity contribution in [3.63, 3.8) is 0 Å². The van der Waals surface area contributed by atoms with Crippen molar-refractivity contribution in [3.8, 4) is 0 Å². The van der Waals surface area contributed by atoms with E-state index < -0.39 is 0 Å². The summed E-state index contributed by atoms with van der Waals surface area (Å²) in [5, 5.41) is 6.04. The highest BCUT2D eigenvalue weighted by atomic mass is 32.1. The van der Waals surface area contributed by atoms with Gasteiger partial charge >= 0.3 is 5.97 Å². The van der Waals surface area contributed by atoms with Gasteiger partial charge < -0.3 is 15.0 Å². The largest absolute Gasteiger partial charge is 0.469 e. The molecule has 23 heavy (non-hydrogen) atoms. The summed E-state index contributed by atoms with van der Waals surface area (Å²) >= 11 is 7.18. The first-order valence-corrected chi connectivity index (χ1v) is 8.58. The molecule has 0 radical (unpaired) electrons. The molecule has 1 aliphatic rings. The molecule has 1 fully saturated rings. The number of aromatic nitrogens is 1. The molecule has 2 aromatic rings. The lowest BCUT2D eigenvalue weighted by Crippen LogP contribution is -2.31. The predicted octanol–water partition coefficient (Wildman–Crippen LogP) is 2.68. The maximum Gasteiger partial charge on any atom is 0.307 e. The molecular formula is C16H17N3O2S2. The van der Waals surface area contributed by atoms with Crippen molar-refractivity contribution in [2.45, 2.75) is 18.5 Å². The summed E-state index contributed by atoms with van der Waals surface area (Å²) < 4.78 is 4.74. The van der Waals surface area contributed by atoms with E-state index in [4.69, 9.17) is 17.0 Å². The SMILES string of the molecule is COC(=O)CCN1C(=S)N[C@H](c2ccccn2)[C@@H]1c1cccs1. The predicted molar refractivity (Wildman–Crippen MR) is 93.1 cm³/mol. The highest BCUT2D eigenvalue weighted by Crippen LogP contribution is 2.40. The number of rotatable bonds is 5. The van der Waals surface area contributed by atoms with Crippen LogP contribution in [0.2, 0.25) is 0 Å². The van der Waals surface area contributed by atoms with Gasteiger partial charge in [0.15, 0.2) is 5.11 Å². The van der Waals surface area contributed by atoms with E-state index in [9.17, 15) is 4.79 Å². The lowest BCUT2D eigenvalue weighted by Gasteiger charge is -2.26. The van der Waals surface area contributed by atoms with Crippen molar-refractivity contribution in [1.82, 2.24) is 15.2 Å². The molecule has 0 bridgehead atoms. The normalized spacial score (nSPS) is 20.4. The topological polar surface area (TPSA) is 54.5 Å². The Hall–Kier alpha value is -1.99. The summed E-state index contributed by atoms with van der Waals surface area (Å²) in [6, 6.07) is 9.97. The molecule has 2 aromatic heterocycles. The van der Waals surface area contributed by atoms with Crippen LogP contribution in [0.5, 0.6) is 0 Å². The molecule has 7 heteroatoms. The van der Waals surface area contributed by atoms with Gasteiger partial charge in [-0.3, -0.25) is 9.78 Å². The zero-order valence-corrected chi connectivity index (χ0v) is 14.3. The average Bonchev–Trinajstić information content (AvgIpc) is 3.21. The smallest absolute Gasteiger partial charge is 0.307 e. The number of carbonyl (C=O) groups is 1. The van der Waals surface area contributed by atoms with E-state index in [-0.39, 0.29) is 18.1 Å². The van der Waals surface area contributed by atoms with Gasteiger partial charge in [-0.15, -0.1) is 11.3 Å². The van der Waals surface area contributed by atoms with Crippen molar-refractivity contribution in [2.24, 2.45) is 0 Å². The van der Waals surface area contributed by atoms with E-state index in [0.29, 0.717) is 18.1 Å². The number of carbonyl (C=O) groups excluding carboxylic acids is 1. The van der Waals surface area contributed by atoms with E-state index in [1.807, 2.05) is 29.6 Å². The Bertz CT molecular complexity index is 676. The van der Waals surface area contributed by atoms with E-state index in [1.54, 1.807) is 17.5 Å². The van der Waals surface area contributed by atoms with Crippen molar-refractivity contribution < 1.29 is 9.53 Å². The van der Waals surface area contributed by atoms with E-state index in [1.165, 1.54) is 12.0 Å². The van der Waals surface area contributed by atoms with Crippen LogP contribution in [0.4, 0.5) is 0 Å². The summed E-state index contributed by atoms with van der Waals surface area (Å²) in [4.78, 5) is 19.2. The Balaban J connectivity index is 1.89. The molecule has 2 atom stereocenters. The molecule has 3 heterocycles. The van der Waals surface area contributed by atoms with Gasteiger partial charge in [-0.2, -0.15) is 0 Å². The maximum absolute atomic E-state index is 11.5. The van der Waals surface area contributed by atoms with Crippen molar-refractivity contribution in [1.29, 1.82) is 0 Å². The van der Waals surface area contributed by atoms with Gasteiger partial charge in [-0.25, -0.2) is 0 Å². The number of ether oxygens (including phenoxy) is 1. The fourth-order valence-corrected chi connectivity index (χ4v) is 3.93. The molecule has 0 amide bonds. The van der Waals surface area contributed by atoms with Crippen LogP contribution in [0.15, 0.2) is 41.9 Å². The van der Waals surface area contributed by atoms with Crippen LogP contribution in [0.3, 0.4) is 0 Å². The molecule has 1 saturated heterocycles. The minimum absolute atomic E-state index is 0.0278. The quantitative estimate of drug-likeness (QED) is 0.663. The van der Waals surface area contributed by atoms with Gasteiger partial charge in [-0.05, 0) is 35.8 Å². The van der Waals surface area contributed by atoms with Gasteiger partial charge in [0.25, 0.3) is 0 Å². The highest BCUT2D eigenvalue weighted by Gasteiger charge is 2.40. The fraction of sp³-hybridized carbons (Fsp3) is 0.312. The fourth-order valence-electron chi connectivity index (χ4n) is 2.73. The third kappa shape index (κ3) is 3.35. The molecule has 0 unspecified atom stereocenters. The molecule has 3 rings (SSSR count). The minimum atomic E-state index is -0.237. The van der Waals surface area contributed by atoms with Crippen LogP contribution in [0.1, 0.15) is 29.1 Å². The third-order valence-corrected chi connectivity index (χ3v) is 5.11. The standard InChI is InChI=1S/C16H17N3O2S2/c1-21-13(20)7-9-19-15(12-6-4-10-23-12)14(18-16(19)22)11-5-2-3-8-17-11/h2-6,8,10,14-15H,7,9H2,1H3,(H,18,22)/t14-,15+/m1/s1. The van der Waals surface area contributed by atoms with Crippen LogP contribution in [0.25, 0.3) is 0 Å². The molecule has 1 aliphatic heterocycles. The number of methoxy groups -OCH3 is 1. The molecule has 0 spiro atoms. The van der Waals surface area contributed by atoms with E-state index >= 15 is 0 Å². The lowest BCUT2D eigenvalue weighted by molar-refractivity contribution is -0.140. The second-order valence-corrected chi connectivity index (χ2v) is 6.53. The van der Waals surface area contributed by atoms with Crippen molar-refractivity contribution in [3.05, 3.63) is 52.5 Å². The zero-order valence-electron chi connectivity index (χ0n) is 12.6. The summed E-state index contributed by atoms with van der Waals surface area (Å²) in [6.45, 7) is 0.518. The highest BCUT2D eigenvalue weighted by molar-refractivity contribution is 7.80. The Morgan fingerprint density at radius 2 is 2.30 bits per heavy atom. The summed E-state index contributed by atoms with van der Waals surface area (Å²) in [5.74, 6) is -0.237. The molecule has 1 N–H and O–H groups in total.